The Bertz CT molecular complexity index is 401. The number of carbonyl (C=O) groups is 1. The SMILES string of the molecule is Cc1cccc([C@@H](C)NC(=O)[C@@H](N)CC(C)C)c1. The summed E-state index contributed by atoms with van der Waals surface area (Å²) in [7, 11) is 0. The molecule has 0 unspecified atom stereocenters. The van der Waals surface area contributed by atoms with Gasteiger partial charge in [-0.1, -0.05) is 43.7 Å². The van der Waals surface area contributed by atoms with E-state index in [4.69, 9.17) is 5.73 Å². The van der Waals surface area contributed by atoms with E-state index >= 15 is 0 Å². The van der Waals surface area contributed by atoms with Gasteiger partial charge in [0.1, 0.15) is 0 Å². The molecule has 2 atom stereocenters. The van der Waals surface area contributed by atoms with E-state index in [0.717, 1.165) is 5.56 Å². The second-order valence-electron chi connectivity index (χ2n) is 5.38. The minimum absolute atomic E-state index is 0.00406. The summed E-state index contributed by atoms with van der Waals surface area (Å²) < 4.78 is 0. The van der Waals surface area contributed by atoms with Crippen LogP contribution in [0, 0.1) is 12.8 Å². The molecule has 0 bridgehead atoms. The van der Waals surface area contributed by atoms with E-state index in [0.29, 0.717) is 12.3 Å². The van der Waals surface area contributed by atoms with Gasteiger partial charge in [0, 0.05) is 0 Å². The fourth-order valence-corrected chi connectivity index (χ4v) is 1.96. The molecule has 1 aromatic carbocycles. The van der Waals surface area contributed by atoms with Crippen molar-refractivity contribution in [3.8, 4) is 0 Å². The quantitative estimate of drug-likeness (QED) is 0.841. The molecule has 3 nitrogen and oxygen atoms in total. The van der Waals surface area contributed by atoms with Crippen LogP contribution in [-0.2, 0) is 4.79 Å². The van der Waals surface area contributed by atoms with Crippen LogP contribution in [0.3, 0.4) is 0 Å². The Morgan fingerprint density at radius 2 is 2.00 bits per heavy atom. The van der Waals surface area contributed by atoms with Crippen LogP contribution in [0.15, 0.2) is 24.3 Å². The highest BCUT2D eigenvalue weighted by Gasteiger charge is 2.17. The molecular weight excluding hydrogens is 224 g/mol. The molecule has 0 aliphatic carbocycles. The highest BCUT2D eigenvalue weighted by molar-refractivity contribution is 5.81. The first-order chi connectivity index (χ1) is 8.40. The van der Waals surface area contributed by atoms with E-state index in [1.807, 2.05) is 32.0 Å². The molecule has 1 rings (SSSR count). The fourth-order valence-electron chi connectivity index (χ4n) is 1.96. The summed E-state index contributed by atoms with van der Waals surface area (Å²) in [4.78, 5) is 11.9. The van der Waals surface area contributed by atoms with Gasteiger partial charge in [0.2, 0.25) is 5.91 Å². The van der Waals surface area contributed by atoms with Crippen molar-refractivity contribution < 1.29 is 4.79 Å². The maximum absolute atomic E-state index is 11.9. The molecule has 100 valence electrons. The van der Waals surface area contributed by atoms with Crippen molar-refractivity contribution >= 4 is 5.91 Å². The topological polar surface area (TPSA) is 55.1 Å². The molecule has 0 radical (unpaired) electrons. The zero-order valence-electron chi connectivity index (χ0n) is 11.7. The number of nitrogens with two attached hydrogens (primary N) is 1. The number of carbonyl (C=O) groups excluding carboxylic acids is 1. The zero-order valence-corrected chi connectivity index (χ0v) is 11.7. The Labute approximate surface area is 110 Å². The predicted octanol–water partition coefficient (Wildman–Crippen LogP) is 2.55. The highest BCUT2D eigenvalue weighted by atomic mass is 16.2. The molecule has 0 spiro atoms. The highest BCUT2D eigenvalue weighted by Crippen LogP contribution is 2.14. The van der Waals surface area contributed by atoms with Crippen molar-refractivity contribution in [1.82, 2.24) is 5.32 Å². The Kier molecular flexibility index (Phi) is 5.35. The van der Waals surface area contributed by atoms with E-state index in [1.165, 1.54) is 5.56 Å². The first-order valence-electron chi connectivity index (χ1n) is 6.52. The average Bonchev–Trinajstić information content (AvgIpc) is 2.27. The molecule has 0 fully saturated rings. The van der Waals surface area contributed by atoms with Gasteiger partial charge in [-0.3, -0.25) is 4.79 Å². The average molecular weight is 248 g/mol. The summed E-state index contributed by atoms with van der Waals surface area (Å²) in [5, 5.41) is 2.96. The molecule has 1 aromatic rings. The normalized spacial score (nSPS) is 14.3. The molecule has 18 heavy (non-hydrogen) atoms. The van der Waals surface area contributed by atoms with Crippen LogP contribution in [0.5, 0.6) is 0 Å². The van der Waals surface area contributed by atoms with E-state index in [2.05, 4.69) is 25.2 Å². The van der Waals surface area contributed by atoms with Crippen LogP contribution >= 0.6 is 0 Å². The first-order valence-corrected chi connectivity index (χ1v) is 6.52. The van der Waals surface area contributed by atoms with Gasteiger partial charge in [0.25, 0.3) is 0 Å². The Morgan fingerprint density at radius 3 is 2.56 bits per heavy atom. The Hall–Kier alpha value is -1.35. The van der Waals surface area contributed by atoms with Gasteiger partial charge in [0.15, 0.2) is 0 Å². The lowest BCUT2D eigenvalue weighted by molar-refractivity contribution is -0.123. The van der Waals surface area contributed by atoms with Crippen molar-refractivity contribution in [2.75, 3.05) is 0 Å². The van der Waals surface area contributed by atoms with Gasteiger partial charge in [0.05, 0.1) is 12.1 Å². The van der Waals surface area contributed by atoms with Crippen molar-refractivity contribution in [2.24, 2.45) is 11.7 Å². The van der Waals surface area contributed by atoms with E-state index < -0.39 is 6.04 Å². The lowest BCUT2D eigenvalue weighted by atomic mass is 10.0. The van der Waals surface area contributed by atoms with Crippen LogP contribution < -0.4 is 11.1 Å². The lowest BCUT2D eigenvalue weighted by Gasteiger charge is -2.19. The smallest absolute Gasteiger partial charge is 0.237 e. The lowest BCUT2D eigenvalue weighted by Crippen LogP contribution is -2.42. The zero-order chi connectivity index (χ0) is 13.7. The summed E-state index contributed by atoms with van der Waals surface area (Å²) in [6.07, 6.45) is 0.715. The van der Waals surface area contributed by atoms with Crippen LogP contribution in [-0.4, -0.2) is 11.9 Å². The largest absolute Gasteiger partial charge is 0.348 e. The summed E-state index contributed by atoms with van der Waals surface area (Å²) in [5.74, 6) is 0.359. The number of nitrogens with one attached hydrogen (secondary N) is 1. The third kappa shape index (κ3) is 4.49. The molecule has 0 aliphatic heterocycles. The summed E-state index contributed by atoms with van der Waals surface area (Å²) in [6, 6.07) is 7.72. The molecule has 0 aliphatic rings. The second kappa shape index (κ2) is 6.55. The predicted molar refractivity (Wildman–Crippen MR) is 75.2 cm³/mol. The third-order valence-electron chi connectivity index (χ3n) is 2.96. The maximum Gasteiger partial charge on any atom is 0.237 e. The van der Waals surface area contributed by atoms with E-state index in [1.54, 1.807) is 0 Å². The van der Waals surface area contributed by atoms with Gasteiger partial charge < -0.3 is 11.1 Å². The van der Waals surface area contributed by atoms with Gasteiger partial charge in [-0.2, -0.15) is 0 Å². The molecule has 0 heterocycles. The Balaban J connectivity index is 2.59. The number of benzene rings is 1. The molecule has 0 saturated carbocycles. The Morgan fingerprint density at radius 1 is 1.33 bits per heavy atom. The molecule has 1 amide bonds. The van der Waals surface area contributed by atoms with Gasteiger partial charge >= 0.3 is 0 Å². The van der Waals surface area contributed by atoms with Crippen molar-refractivity contribution in [1.29, 1.82) is 0 Å². The first kappa shape index (κ1) is 14.7. The molecule has 3 heteroatoms. The third-order valence-corrected chi connectivity index (χ3v) is 2.96. The van der Waals surface area contributed by atoms with Gasteiger partial charge in [-0.25, -0.2) is 0 Å². The van der Waals surface area contributed by atoms with Gasteiger partial charge in [-0.15, -0.1) is 0 Å². The molecular formula is C15H24N2O. The van der Waals surface area contributed by atoms with Gasteiger partial charge in [-0.05, 0) is 31.7 Å². The minimum atomic E-state index is -0.419. The minimum Gasteiger partial charge on any atom is -0.348 e. The maximum atomic E-state index is 11.9. The number of rotatable bonds is 5. The fraction of sp³-hybridized carbons (Fsp3) is 0.533. The van der Waals surface area contributed by atoms with Crippen LogP contribution in [0.1, 0.15) is 44.4 Å². The monoisotopic (exact) mass is 248 g/mol. The van der Waals surface area contributed by atoms with Crippen LogP contribution in [0.25, 0.3) is 0 Å². The van der Waals surface area contributed by atoms with Crippen LogP contribution in [0.2, 0.25) is 0 Å². The summed E-state index contributed by atoms with van der Waals surface area (Å²) >= 11 is 0. The molecule has 0 aromatic heterocycles. The summed E-state index contributed by atoms with van der Waals surface area (Å²) in [6.45, 7) is 8.16. The number of amides is 1. The second-order valence-corrected chi connectivity index (χ2v) is 5.38. The van der Waals surface area contributed by atoms with Crippen molar-refractivity contribution in [3.05, 3.63) is 35.4 Å². The molecule has 0 saturated heterocycles. The van der Waals surface area contributed by atoms with Crippen molar-refractivity contribution in [3.63, 3.8) is 0 Å². The number of hydrogen-bond acceptors (Lipinski definition) is 2. The van der Waals surface area contributed by atoms with E-state index in [-0.39, 0.29) is 11.9 Å². The molecule has 3 N–H and O–H groups in total. The number of aryl methyl sites for hydroxylation is 1. The number of hydrogen-bond donors (Lipinski definition) is 2. The standard InChI is InChI=1S/C15H24N2O/c1-10(2)8-14(16)15(18)17-12(4)13-7-5-6-11(3)9-13/h5-7,9-10,12,14H,8,16H2,1-4H3,(H,17,18)/t12-,14+/m1/s1. The van der Waals surface area contributed by atoms with E-state index in [9.17, 15) is 4.79 Å². The van der Waals surface area contributed by atoms with Crippen molar-refractivity contribution in [2.45, 2.75) is 46.2 Å². The van der Waals surface area contributed by atoms with Crippen LogP contribution in [0.4, 0.5) is 0 Å². The summed E-state index contributed by atoms with van der Waals surface area (Å²) in [5.41, 5.74) is 8.17.